The third-order valence-corrected chi connectivity index (χ3v) is 10.9. The highest BCUT2D eigenvalue weighted by molar-refractivity contribution is 6.19. The highest BCUT2D eigenvalue weighted by Crippen LogP contribution is 2.41. The Bertz CT molecular complexity index is 2830. The lowest BCUT2D eigenvalue weighted by Crippen LogP contribution is -2.10. The van der Waals surface area contributed by atoms with Gasteiger partial charge in [-0.25, -0.2) is 0 Å². The molecule has 9 aromatic rings. The first kappa shape index (κ1) is 31.8. The van der Waals surface area contributed by atoms with Crippen LogP contribution in [0.1, 0.15) is 17.9 Å². The van der Waals surface area contributed by atoms with E-state index in [1.807, 2.05) is 0 Å². The van der Waals surface area contributed by atoms with Crippen LogP contribution < -0.4 is 4.90 Å². The maximum absolute atomic E-state index is 2.44. The van der Waals surface area contributed by atoms with E-state index < -0.39 is 0 Å². The smallest absolute Gasteiger partial charge is 0.0619 e. The quantitative estimate of drug-likeness (QED) is 0.162. The van der Waals surface area contributed by atoms with Crippen molar-refractivity contribution < 1.29 is 0 Å². The zero-order valence-electron chi connectivity index (χ0n) is 29.9. The van der Waals surface area contributed by atoms with Crippen LogP contribution in [0.2, 0.25) is 0 Å². The number of benzene rings is 8. The third-order valence-electron chi connectivity index (χ3n) is 10.9. The van der Waals surface area contributed by atoms with Crippen molar-refractivity contribution in [2.24, 2.45) is 0 Å². The largest absolute Gasteiger partial charge is 0.310 e. The van der Waals surface area contributed by atoms with Crippen LogP contribution in [0.25, 0.3) is 60.5 Å². The fourth-order valence-electron chi connectivity index (χ4n) is 8.21. The molecule has 1 aliphatic carbocycles. The van der Waals surface area contributed by atoms with E-state index in [0.717, 1.165) is 29.2 Å². The van der Waals surface area contributed by atoms with E-state index in [1.54, 1.807) is 0 Å². The Morgan fingerprint density at radius 1 is 0.444 bits per heavy atom. The zero-order valence-corrected chi connectivity index (χ0v) is 29.9. The van der Waals surface area contributed by atoms with Crippen molar-refractivity contribution in [2.45, 2.75) is 12.3 Å². The number of para-hydroxylation sites is 1. The summed E-state index contributed by atoms with van der Waals surface area (Å²) in [7, 11) is 0. The molecule has 54 heavy (non-hydrogen) atoms. The number of hydrogen-bond acceptors (Lipinski definition) is 1. The summed E-state index contributed by atoms with van der Waals surface area (Å²) >= 11 is 0. The second-order valence-electron chi connectivity index (χ2n) is 14.1. The summed E-state index contributed by atoms with van der Waals surface area (Å²) in [5.74, 6) is 0.408. The SMILES string of the molecule is C1=CCC(c2ccc(N(c3ccc(-c4ccccc4)cc3)c3cccc(-c4ccc5c6ccc7ccccc7c6n(-c6ccccc6)c5c4)c3)cc2)C=C1. The van der Waals surface area contributed by atoms with Gasteiger partial charge < -0.3 is 9.47 Å². The maximum atomic E-state index is 2.44. The van der Waals surface area contributed by atoms with Crippen molar-refractivity contribution in [3.05, 3.63) is 218 Å². The van der Waals surface area contributed by atoms with E-state index in [4.69, 9.17) is 0 Å². The number of allylic oxidation sites excluding steroid dienone is 4. The molecule has 2 nitrogen and oxygen atoms in total. The summed E-state index contributed by atoms with van der Waals surface area (Å²) in [6.45, 7) is 0. The molecule has 0 amide bonds. The Hall–Kier alpha value is -6.90. The second kappa shape index (κ2) is 13.6. The molecule has 256 valence electrons. The number of fused-ring (bicyclic) bond motifs is 5. The van der Waals surface area contributed by atoms with Crippen LogP contribution in [0.4, 0.5) is 17.1 Å². The molecule has 1 atom stereocenters. The first-order valence-electron chi connectivity index (χ1n) is 18.8. The van der Waals surface area contributed by atoms with Gasteiger partial charge in [0.25, 0.3) is 0 Å². The first-order valence-corrected chi connectivity index (χ1v) is 18.8. The Labute approximate surface area is 316 Å². The summed E-state index contributed by atoms with van der Waals surface area (Å²) < 4.78 is 2.44. The molecule has 1 aliphatic rings. The molecule has 2 heteroatoms. The van der Waals surface area contributed by atoms with Crippen molar-refractivity contribution in [3.8, 4) is 27.9 Å². The maximum Gasteiger partial charge on any atom is 0.0619 e. The van der Waals surface area contributed by atoms with Crippen molar-refractivity contribution in [2.75, 3.05) is 4.90 Å². The van der Waals surface area contributed by atoms with Gasteiger partial charge in [-0.05, 0) is 94.2 Å². The van der Waals surface area contributed by atoms with Crippen LogP contribution >= 0.6 is 0 Å². The average molecular weight is 691 g/mol. The molecular formula is C52H38N2. The van der Waals surface area contributed by atoms with Crippen LogP contribution in [-0.2, 0) is 0 Å². The Morgan fingerprint density at radius 2 is 1.09 bits per heavy atom. The van der Waals surface area contributed by atoms with E-state index in [-0.39, 0.29) is 0 Å². The minimum atomic E-state index is 0.408. The highest BCUT2D eigenvalue weighted by atomic mass is 15.1. The number of anilines is 3. The van der Waals surface area contributed by atoms with Gasteiger partial charge in [0.1, 0.15) is 0 Å². The van der Waals surface area contributed by atoms with Gasteiger partial charge in [-0.1, -0.05) is 158 Å². The average Bonchev–Trinajstić information content (AvgIpc) is 3.60. The topological polar surface area (TPSA) is 8.17 Å². The summed E-state index contributed by atoms with van der Waals surface area (Å²) in [5, 5.41) is 5.02. The highest BCUT2D eigenvalue weighted by Gasteiger charge is 2.18. The molecule has 0 fully saturated rings. The van der Waals surface area contributed by atoms with Crippen molar-refractivity contribution in [1.82, 2.24) is 4.57 Å². The third kappa shape index (κ3) is 5.70. The lowest BCUT2D eigenvalue weighted by atomic mass is 9.92. The van der Waals surface area contributed by atoms with Crippen LogP contribution in [0.5, 0.6) is 0 Å². The summed E-state index contributed by atoms with van der Waals surface area (Å²) in [6.07, 6.45) is 9.89. The van der Waals surface area contributed by atoms with Gasteiger partial charge in [-0.3, -0.25) is 0 Å². The number of nitrogens with zero attached hydrogens (tertiary/aromatic N) is 2. The molecule has 1 heterocycles. The summed E-state index contributed by atoms with van der Waals surface area (Å²) in [6, 6.07) is 68.6. The van der Waals surface area contributed by atoms with Gasteiger partial charge in [0.2, 0.25) is 0 Å². The lowest BCUT2D eigenvalue weighted by Gasteiger charge is -2.27. The van der Waals surface area contributed by atoms with Gasteiger partial charge in [0, 0.05) is 44.8 Å². The van der Waals surface area contributed by atoms with Crippen LogP contribution in [0.3, 0.4) is 0 Å². The van der Waals surface area contributed by atoms with Gasteiger partial charge in [-0.2, -0.15) is 0 Å². The molecule has 10 rings (SSSR count). The first-order chi connectivity index (χ1) is 26.8. The van der Waals surface area contributed by atoms with Gasteiger partial charge in [0.05, 0.1) is 11.0 Å². The molecule has 0 spiro atoms. The predicted molar refractivity (Wildman–Crippen MR) is 229 cm³/mol. The zero-order chi connectivity index (χ0) is 35.8. The van der Waals surface area contributed by atoms with Crippen molar-refractivity contribution in [1.29, 1.82) is 0 Å². The second-order valence-corrected chi connectivity index (χ2v) is 14.1. The number of aromatic nitrogens is 1. The molecular weight excluding hydrogens is 653 g/mol. The molecule has 0 aliphatic heterocycles. The molecule has 1 unspecified atom stereocenters. The monoisotopic (exact) mass is 690 g/mol. The van der Waals surface area contributed by atoms with Crippen molar-refractivity contribution >= 4 is 49.6 Å². The molecule has 0 N–H and O–H groups in total. The number of rotatable bonds is 7. The van der Waals surface area contributed by atoms with E-state index in [0.29, 0.717) is 5.92 Å². The Kier molecular flexibility index (Phi) is 8.00. The van der Waals surface area contributed by atoms with Crippen LogP contribution in [0, 0.1) is 0 Å². The minimum Gasteiger partial charge on any atom is -0.310 e. The Morgan fingerprint density at radius 3 is 1.87 bits per heavy atom. The minimum absolute atomic E-state index is 0.408. The summed E-state index contributed by atoms with van der Waals surface area (Å²) in [4.78, 5) is 2.38. The van der Waals surface area contributed by atoms with E-state index in [9.17, 15) is 0 Å². The number of hydrogen-bond donors (Lipinski definition) is 0. The molecule has 0 saturated heterocycles. The fraction of sp³-hybridized carbons (Fsp3) is 0.0385. The molecule has 8 aromatic carbocycles. The molecule has 1 aromatic heterocycles. The van der Waals surface area contributed by atoms with Crippen LogP contribution in [-0.4, -0.2) is 4.57 Å². The fourth-order valence-corrected chi connectivity index (χ4v) is 8.21. The van der Waals surface area contributed by atoms with Gasteiger partial charge in [0.15, 0.2) is 0 Å². The van der Waals surface area contributed by atoms with Crippen molar-refractivity contribution in [3.63, 3.8) is 0 Å². The molecule has 0 bridgehead atoms. The normalized spacial score (nSPS) is 13.9. The standard InChI is InChI=1S/C52H38N2/c1-4-13-37(14-5-1)39-23-29-45(30-24-39)53(46-31-25-40(26-32-46)38-15-6-2-7-16-38)47-21-12-18-42(35-47)43-28-33-49-50-34-27-41-17-10-11-22-48(41)52(50)54(51(49)36-43)44-19-8-3-9-20-44/h1-15,17-36,38H,16H2. The van der Waals surface area contributed by atoms with Gasteiger partial charge in [-0.15, -0.1) is 0 Å². The predicted octanol–water partition coefficient (Wildman–Crippen LogP) is 14.3. The molecule has 0 radical (unpaired) electrons. The molecule has 0 saturated carbocycles. The van der Waals surface area contributed by atoms with Gasteiger partial charge >= 0.3 is 0 Å². The Balaban J connectivity index is 1.10. The lowest BCUT2D eigenvalue weighted by molar-refractivity contribution is 0.854. The van der Waals surface area contributed by atoms with E-state index >= 15 is 0 Å². The van der Waals surface area contributed by atoms with Crippen LogP contribution in [0.15, 0.2) is 212 Å². The van der Waals surface area contributed by atoms with E-state index in [1.165, 1.54) is 60.4 Å². The van der Waals surface area contributed by atoms with E-state index in [2.05, 4.69) is 222 Å². The summed E-state index contributed by atoms with van der Waals surface area (Å²) in [5.41, 5.74) is 13.1.